The smallest absolute Gasteiger partial charge is 0.309 e. The molecule has 0 radical (unpaired) electrons. The van der Waals surface area contributed by atoms with Crippen LogP contribution < -0.4 is 10.6 Å². The first-order chi connectivity index (χ1) is 9.06. The number of carbonyl (C=O) groups is 2. The third kappa shape index (κ3) is 5.28. The van der Waals surface area contributed by atoms with E-state index in [-0.39, 0.29) is 13.2 Å². The van der Waals surface area contributed by atoms with Crippen molar-refractivity contribution in [1.82, 2.24) is 10.6 Å². The number of aliphatic hydroxyl groups excluding tert-OH is 1. The Morgan fingerprint density at radius 1 is 1.26 bits per heavy atom. The predicted molar refractivity (Wildman–Crippen MR) is 72.6 cm³/mol. The van der Waals surface area contributed by atoms with Crippen LogP contribution in [0.15, 0.2) is 24.3 Å². The molecule has 1 atom stereocenters. The highest BCUT2D eigenvalue weighted by atomic mass is 35.5. The molecule has 6 heteroatoms. The first-order valence-corrected chi connectivity index (χ1v) is 6.38. The molecule has 0 unspecified atom stereocenters. The maximum absolute atomic E-state index is 11.5. The van der Waals surface area contributed by atoms with E-state index in [0.29, 0.717) is 11.4 Å². The van der Waals surface area contributed by atoms with Crippen LogP contribution in [0.4, 0.5) is 0 Å². The molecule has 0 aromatic heterocycles. The second kappa shape index (κ2) is 7.76. The zero-order chi connectivity index (χ0) is 14.3. The van der Waals surface area contributed by atoms with Gasteiger partial charge in [0.15, 0.2) is 0 Å². The number of halogens is 1. The molecule has 0 saturated carbocycles. The maximum Gasteiger partial charge on any atom is 0.309 e. The molecular formula is C13H17ClN2O3. The molecule has 1 aromatic rings. The topological polar surface area (TPSA) is 78.4 Å². The Balaban J connectivity index is 2.42. The molecule has 1 aromatic carbocycles. The Kier molecular flexibility index (Phi) is 6.32. The van der Waals surface area contributed by atoms with Crippen molar-refractivity contribution in [1.29, 1.82) is 0 Å². The quantitative estimate of drug-likeness (QED) is 0.701. The summed E-state index contributed by atoms with van der Waals surface area (Å²) in [7, 11) is 0. The highest BCUT2D eigenvalue weighted by molar-refractivity contribution is 6.35. The van der Waals surface area contributed by atoms with Gasteiger partial charge in [-0.3, -0.25) is 9.59 Å². The lowest BCUT2D eigenvalue weighted by Crippen LogP contribution is -2.45. The van der Waals surface area contributed by atoms with Crippen molar-refractivity contribution in [2.75, 3.05) is 6.61 Å². The summed E-state index contributed by atoms with van der Waals surface area (Å²) in [5.41, 5.74) is 0.847. The molecule has 0 heterocycles. The number of hydrogen-bond donors (Lipinski definition) is 3. The second-order valence-electron chi connectivity index (χ2n) is 4.07. The fraction of sp³-hybridized carbons (Fsp3) is 0.385. The van der Waals surface area contributed by atoms with Crippen LogP contribution in [0, 0.1) is 0 Å². The van der Waals surface area contributed by atoms with Gasteiger partial charge in [-0.25, -0.2) is 0 Å². The predicted octanol–water partition coefficient (Wildman–Crippen LogP) is 0.843. The van der Waals surface area contributed by atoms with Crippen molar-refractivity contribution in [2.24, 2.45) is 0 Å². The van der Waals surface area contributed by atoms with E-state index in [2.05, 4.69) is 10.6 Å². The largest absolute Gasteiger partial charge is 0.394 e. The Labute approximate surface area is 117 Å². The summed E-state index contributed by atoms with van der Waals surface area (Å²) < 4.78 is 0. The minimum absolute atomic E-state index is 0.188. The van der Waals surface area contributed by atoms with E-state index < -0.39 is 17.9 Å². The van der Waals surface area contributed by atoms with E-state index >= 15 is 0 Å². The minimum Gasteiger partial charge on any atom is -0.394 e. The number of nitrogens with one attached hydrogen (secondary N) is 2. The Hall–Kier alpha value is -1.59. The van der Waals surface area contributed by atoms with Gasteiger partial charge in [-0.05, 0) is 24.1 Å². The lowest BCUT2D eigenvalue weighted by molar-refractivity contribution is -0.139. The van der Waals surface area contributed by atoms with Gasteiger partial charge in [0.2, 0.25) is 0 Å². The van der Waals surface area contributed by atoms with Crippen molar-refractivity contribution in [3.05, 3.63) is 34.9 Å². The monoisotopic (exact) mass is 284 g/mol. The van der Waals surface area contributed by atoms with E-state index in [1.54, 1.807) is 24.3 Å². The number of amides is 2. The van der Waals surface area contributed by atoms with Crippen LogP contribution in [0.1, 0.15) is 18.9 Å². The second-order valence-corrected chi connectivity index (χ2v) is 4.51. The molecule has 19 heavy (non-hydrogen) atoms. The zero-order valence-corrected chi connectivity index (χ0v) is 11.4. The average Bonchev–Trinajstić information content (AvgIpc) is 2.43. The van der Waals surface area contributed by atoms with Gasteiger partial charge < -0.3 is 15.7 Å². The van der Waals surface area contributed by atoms with E-state index in [1.807, 2.05) is 6.92 Å². The molecular weight excluding hydrogens is 268 g/mol. The SMILES string of the molecule is CC[C@H](CO)NC(=O)C(=O)NCc1ccc(Cl)cc1. The van der Waals surface area contributed by atoms with Gasteiger partial charge in [0, 0.05) is 11.6 Å². The van der Waals surface area contributed by atoms with Crippen LogP contribution in [0.25, 0.3) is 0 Å². The van der Waals surface area contributed by atoms with Crippen LogP contribution in [-0.4, -0.2) is 29.6 Å². The molecule has 0 saturated heterocycles. The van der Waals surface area contributed by atoms with Crippen molar-refractivity contribution >= 4 is 23.4 Å². The third-order valence-corrected chi connectivity index (χ3v) is 2.87. The fourth-order valence-corrected chi connectivity index (χ4v) is 1.52. The van der Waals surface area contributed by atoms with Gasteiger partial charge in [-0.1, -0.05) is 30.7 Å². The van der Waals surface area contributed by atoms with Crippen LogP contribution in [0.3, 0.4) is 0 Å². The van der Waals surface area contributed by atoms with Gasteiger partial charge in [0.25, 0.3) is 0 Å². The van der Waals surface area contributed by atoms with Crippen LogP contribution in [0.5, 0.6) is 0 Å². The molecule has 0 spiro atoms. The Bertz CT molecular complexity index is 430. The summed E-state index contributed by atoms with van der Waals surface area (Å²) in [5, 5.41) is 14.5. The van der Waals surface area contributed by atoms with Gasteiger partial charge in [0.1, 0.15) is 0 Å². The normalized spacial score (nSPS) is 11.7. The molecule has 3 N–H and O–H groups in total. The van der Waals surface area contributed by atoms with E-state index in [1.165, 1.54) is 0 Å². The Morgan fingerprint density at radius 2 is 1.89 bits per heavy atom. The molecule has 0 fully saturated rings. The molecule has 0 aliphatic carbocycles. The number of rotatable bonds is 5. The highest BCUT2D eigenvalue weighted by Crippen LogP contribution is 2.08. The third-order valence-electron chi connectivity index (χ3n) is 2.62. The molecule has 5 nitrogen and oxygen atoms in total. The van der Waals surface area contributed by atoms with Gasteiger partial charge >= 0.3 is 11.8 Å². The summed E-state index contributed by atoms with van der Waals surface area (Å²) in [6.45, 7) is 1.87. The molecule has 0 bridgehead atoms. The summed E-state index contributed by atoms with van der Waals surface area (Å²) in [6, 6.07) is 6.56. The van der Waals surface area contributed by atoms with E-state index in [9.17, 15) is 9.59 Å². The molecule has 2 amide bonds. The molecule has 0 aliphatic rings. The van der Waals surface area contributed by atoms with Crippen molar-refractivity contribution < 1.29 is 14.7 Å². The molecule has 104 valence electrons. The number of aliphatic hydroxyl groups is 1. The zero-order valence-electron chi connectivity index (χ0n) is 10.6. The summed E-state index contributed by atoms with van der Waals surface area (Å²) in [4.78, 5) is 23.0. The van der Waals surface area contributed by atoms with Crippen molar-refractivity contribution in [2.45, 2.75) is 25.9 Å². The Morgan fingerprint density at radius 3 is 2.42 bits per heavy atom. The molecule has 1 rings (SSSR count). The van der Waals surface area contributed by atoms with Gasteiger partial charge in [0.05, 0.1) is 12.6 Å². The standard InChI is InChI=1S/C13H17ClN2O3/c1-2-11(8-17)16-13(19)12(18)15-7-9-3-5-10(14)6-4-9/h3-6,11,17H,2,7-8H2,1H3,(H,15,18)(H,16,19)/t11-/m1/s1. The summed E-state index contributed by atoms with van der Waals surface area (Å²) in [5.74, 6) is -1.46. The number of hydrogen-bond acceptors (Lipinski definition) is 3. The number of carbonyl (C=O) groups excluding carboxylic acids is 2. The first kappa shape index (κ1) is 15.5. The van der Waals surface area contributed by atoms with E-state index in [4.69, 9.17) is 16.7 Å². The first-order valence-electron chi connectivity index (χ1n) is 6.00. The summed E-state index contributed by atoms with van der Waals surface area (Å²) >= 11 is 5.74. The number of benzene rings is 1. The fourth-order valence-electron chi connectivity index (χ4n) is 1.39. The van der Waals surface area contributed by atoms with Crippen molar-refractivity contribution in [3.8, 4) is 0 Å². The lowest BCUT2D eigenvalue weighted by atomic mass is 10.2. The lowest BCUT2D eigenvalue weighted by Gasteiger charge is -2.13. The van der Waals surface area contributed by atoms with Gasteiger partial charge in [-0.2, -0.15) is 0 Å². The summed E-state index contributed by atoms with van der Waals surface area (Å²) in [6.07, 6.45) is 0.562. The highest BCUT2D eigenvalue weighted by Gasteiger charge is 2.16. The van der Waals surface area contributed by atoms with Crippen molar-refractivity contribution in [3.63, 3.8) is 0 Å². The van der Waals surface area contributed by atoms with E-state index in [0.717, 1.165) is 5.56 Å². The average molecular weight is 285 g/mol. The van der Waals surface area contributed by atoms with Gasteiger partial charge in [-0.15, -0.1) is 0 Å². The van der Waals surface area contributed by atoms with Crippen LogP contribution in [0.2, 0.25) is 5.02 Å². The maximum atomic E-state index is 11.5. The van der Waals surface area contributed by atoms with Crippen LogP contribution in [-0.2, 0) is 16.1 Å². The molecule has 0 aliphatic heterocycles. The minimum atomic E-state index is -0.741. The van der Waals surface area contributed by atoms with Crippen LogP contribution >= 0.6 is 11.6 Å².